The van der Waals surface area contributed by atoms with Crippen molar-refractivity contribution in [1.29, 1.82) is 0 Å². The Morgan fingerprint density at radius 3 is 2.96 bits per heavy atom. The van der Waals surface area contributed by atoms with Crippen molar-refractivity contribution in [2.45, 2.75) is 19.9 Å². The second-order valence-corrected chi connectivity index (χ2v) is 5.95. The standard InChI is InChI=1S/C16H14N6O3/c1-9-19-14-5-10(6-18-15(14)20-9)16(23)21-3-2-13-11(8-21)4-12(7-17-13)22(24)25/h4-7H,2-3,8H2,1H3,(H,18,19,20). The molecule has 0 bridgehead atoms. The van der Waals surface area contributed by atoms with Crippen molar-refractivity contribution < 1.29 is 9.72 Å². The minimum Gasteiger partial charge on any atom is -0.341 e. The van der Waals surface area contributed by atoms with E-state index in [-0.39, 0.29) is 11.6 Å². The number of carbonyl (C=O) groups is 1. The monoisotopic (exact) mass is 338 g/mol. The van der Waals surface area contributed by atoms with E-state index in [1.165, 1.54) is 18.5 Å². The van der Waals surface area contributed by atoms with Crippen molar-refractivity contribution in [1.82, 2.24) is 24.8 Å². The van der Waals surface area contributed by atoms with Gasteiger partial charge >= 0.3 is 0 Å². The molecule has 0 aliphatic carbocycles. The van der Waals surface area contributed by atoms with Crippen molar-refractivity contribution in [2.75, 3.05) is 6.54 Å². The maximum atomic E-state index is 12.8. The Bertz CT molecular complexity index is 1010. The molecule has 0 radical (unpaired) electrons. The maximum absolute atomic E-state index is 12.8. The molecule has 0 saturated heterocycles. The molecule has 0 saturated carbocycles. The predicted octanol–water partition coefficient (Wildman–Crippen LogP) is 1.77. The fourth-order valence-corrected chi connectivity index (χ4v) is 3.01. The lowest BCUT2D eigenvalue weighted by molar-refractivity contribution is -0.385. The van der Waals surface area contributed by atoms with E-state index in [2.05, 4.69) is 19.9 Å². The van der Waals surface area contributed by atoms with E-state index in [9.17, 15) is 14.9 Å². The highest BCUT2D eigenvalue weighted by Gasteiger charge is 2.25. The maximum Gasteiger partial charge on any atom is 0.287 e. The Morgan fingerprint density at radius 1 is 1.32 bits per heavy atom. The third-order valence-corrected chi connectivity index (χ3v) is 4.23. The van der Waals surface area contributed by atoms with Crippen LogP contribution in [-0.4, -0.2) is 42.2 Å². The number of H-pyrrole nitrogens is 1. The number of pyridine rings is 2. The molecule has 4 heterocycles. The Labute approximate surface area is 141 Å². The minimum atomic E-state index is -0.480. The molecule has 1 aliphatic heterocycles. The second-order valence-electron chi connectivity index (χ2n) is 5.95. The van der Waals surface area contributed by atoms with Gasteiger partial charge < -0.3 is 9.88 Å². The van der Waals surface area contributed by atoms with Gasteiger partial charge in [0.05, 0.1) is 16.0 Å². The van der Waals surface area contributed by atoms with E-state index >= 15 is 0 Å². The third kappa shape index (κ3) is 2.69. The number of rotatable bonds is 2. The smallest absolute Gasteiger partial charge is 0.287 e. The van der Waals surface area contributed by atoms with Gasteiger partial charge in [-0.1, -0.05) is 0 Å². The highest BCUT2D eigenvalue weighted by atomic mass is 16.6. The summed E-state index contributed by atoms with van der Waals surface area (Å²) in [6.45, 7) is 2.63. The number of hydrogen-bond acceptors (Lipinski definition) is 6. The van der Waals surface area contributed by atoms with Crippen LogP contribution >= 0.6 is 0 Å². The quantitative estimate of drug-likeness (QED) is 0.562. The van der Waals surface area contributed by atoms with Crippen LogP contribution in [0.3, 0.4) is 0 Å². The molecule has 0 aromatic carbocycles. The number of amides is 1. The first-order valence-electron chi connectivity index (χ1n) is 7.75. The SMILES string of the molecule is Cc1nc2ncc(C(=O)N3CCc4ncc([N+](=O)[O-])cc4C3)cc2[nH]1. The van der Waals surface area contributed by atoms with Gasteiger partial charge in [-0.15, -0.1) is 0 Å². The summed E-state index contributed by atoms with van der Waals surface area (Å²) in [5.41, 5.74) is 3.17. The summed E-state index contributed by atoms with van der Waals surface area (Å²) in [6.07, 6.45) is 3.33. The van der Waals surface area contributed by atoms with Crippen LogP contribution < -0.4 is 0 Å². The van der Waals surface area contributed by atoms with E-state index in [1.807, 2.05) is 6.92 Å². The van der Waals surface area contributed by atoms with Gasteiger partial charge in [-0.2, -0.15) is 0 Å². The molecule has 3 aromatic heterocycles. The molecule has 9 heteroatoms. The van der Waals surface area contributed by atoms with E-state index < -0.39 is 4.92 Å². The first-order chi connectivity index (χ1) is 12.0. The lowest BCUT2D eigenvalue weighted by Gasteiger charge is -2.28. The summed E-state index contributed by atoms with van der Waals surface area (Å²) in [6, 6.07) is 3.22. The number of fused-ring (bicyclic) bond motifs is 2. The number of nitrogens with one attached hydrogen (secondary N) is 1. The first kappa shape index (κ1) is 15.2. The van der Waals surface area contributed by atoms with Crippen molar-refractivity contribution in [3.63, 3.8) is 0 Å². The van der Waals surface area contributed by atoms with Gasteiger partial charge in [0.1, 0.15) is 12.0 Å². The molecule has 0 fully saturated rings. The molecule has 25 heavy (non-hydrogen) atoms. The summed E-state index contributed by atoms with van der Waals surface area (Å²) in [7, 11) is 0. The zero-order valence-corrected chi connectivity index (χ0v) is 13.4. The van der Waals surface area contributed by atoms with E-state index in [4.69, 9.17) is 0 Å². The molecular formula is C16H14N6O3. The van der Waals surface area contributed by atoms with Crippen molar-refractivity contribution in [3.05, 3.63) is 57.3 Å². The Balaban J connectivity index is 1.62. The van der Waals surface area contributed by atoms with Gasteiger partial charge in [-0.25, -0.2) is 9.97 Å². The van der Waals surface area contributed by atoms with E-state index in [0.717, 1.165) is 11.5 Å². The Morgan fingerprint density at radius 2 is 2.16 bits per heavy atom. The number of aryl methyl sites for hydroxylation is 1. The number of nitrogens with zero attached hydrogens (tertiary/aromatic N) is 5. The van der Waals surface area contributed by atoms with Gasteiger partial charge in [-0.05, 0) is 18.6 Å². The molecule has 4 rings (SSSR count). The molecule has 3 aromatic rings. The molecular weight excluding hydrogens is 324 g/mol. The van der Waals surface area contributed by atoms with Crippen molar-refractivity contribution >= 4 is 22.8 Å². The van der Waals surface area contributed by atoms with Crippen LogP contribution in [0.25, 0.3) is 11.2 Å². The molecule has 0 spiro atoms. The zero-order valence-electron chi connectivity index (χ0n) is 13.4. The van der Waals surface area contributed by atoms with E-state index in [1.54, 1.807) is 11.0 Å². The summed E-state index contributed by atoms with van der Waals surface area (Å²) in [5.74, 6) is 0.566. The number of aromatic amines is 1. The van der Waals surface area contributed by atoms with Gasteiger partial charge in [0.25, 0.3) is 11.6 Å². The van der Waals surface area contributed by atoms with Gasteiger partial charge in [-0.3, -0.25) is 19.9 Å². The van der Waals surface area contributed by atoms with Gasteiger partial charge in [0.15, 0.2) is 5.65 Å². The number of carbonyl (C=O) groups excluding carboxylic acids is 1. The number of hydrogen-bond donors (Lipinski definition) is 1. The third-order valence-electron chi connectivity index (χ3n) is 4.23. The summed E-state index contributed by atoms with van der Waals surface area (Å²) in [4.78, 5) is 40.5. The largest absolute Gasteiger partial charge is 0.341 e. The molecule has 9 nitrogen and oxygen atoms in total. The Hall–Kier alpha value is -3.36. The van der Waals surface area contributed by atoms with Crippen molar-refractivity contribution in [2.24, 2.45) is 0 Å². The average Bonchev–Trinajstić information content (AvgIpc) is 2.99. The van der Waals surface area contributed by atoms with Gasteiger partial charge in [0, 0.05) is 37.5 Å². The molecule has 0 unspecified atom stereocenters. The fourth-order valence-electron chi connectivity index (χ4n) is 3.01. The molecule has 126 valence electrons. The normalized spacial score (nSPS) is 13.7. The number of aromatic nitrogens is 4. The second kappa shape index (κ2) is 5.62. The number of imidazole rings is 1. The lowest BCUT2D eigenvalue weighted by atomic mass is 10.0. The van der Waals surface area contributed by atoms with E-state index in [0.29, 0.717) is 41.8 Å². The lowest BCUT2D eigenvalue weighted by Crippen LogP contribution is -2.36. The van der Waals surface area contributed by atoms with Crippen molar-refractivity contribution in [3.8, 4) is 0 Å². The topological polar surface area (TPSA) is 118 Å². The molecule has 1 N–H and O–H groups in total. The minimum absolute atomic E-state index is 0.0657. The van der Waals surface area contributed by atoms with Gasteiger partial charge in [0.2, 0.25) is 0 Å². The zero-order chi connectivity index (χ0) is 17.6. The predicted molar refractivity (Wildman–Crippen MR) is 88.0 cm³/mol. The number of nitro groups is 1. The highest BCUT2D eigenvalue weighted by Crippen LogP contribution is 2.23. The summed E-state index contributed by atoms with van der Waals surface area (Å²) in [5, 5.41) is 10.9. The first-order valence-corrected chi connectivity index (χ1v) is 7.75. The average molecular weight is 338 g/mol. The molecule has 1 aliphatic rings. The highest BCUT2D eigenvalue weighted by molar-refractivity contribution is 5.96. The summed E-state index contributed by atoms with van der Waals surface area (Å²) < 4.78 is 0. The van der Waals surface area contributed by atoms with Crippen LogP contribution in [0.2, 0.25) is 0 Å². The molecule has 1 amide bonds. The summed E-state index contributed by atoms with van der Waals surface area (Å²) >= 11 is 0. The van der Waals surface area contributed by atoms with Crippen LogP contribution in [0.15, 0.2) is 24.5 Å². The van der Waals surface area contributed by atoms with Crippen LogP contribution in [0.4, 0.5) is 5.69 Å². The van der Waals surface area contributed by atoms with Crippen LogP contribution in [0.5, 0.6) is 0 Å². The Kier molecular flexibility index (Phi) is 3.41. The fraction of sp³-hybridized carbons (Fsp3) is 0.250. The van der Waals surface area contributed by atoms with Crippen LogP contribution in [0.1, 0.15) is 27.4 Å². The molecule has 0 atom stereocenters. The van der Waals surface area contributed by atoms with Crippen LogP contribution in [-0.2, 0) is 13.0 Å². The van der Waals surface area contributed by atoms with Crippen LogP contribution in [0, 0.1) is 17.0 Å².